The zero-order valence-electron chi connectivity index (χ0n) is 19.7. The van der Waals surface area contributed by atoms with E-state index in [0.29, 0.717) is 43.9 Å². The van der Waals surface area contributed by atoms with Crippen LogP contribution in [0, 0.1) is 11.8 Å². The Hall–Kier alpha value is -3.24. The molecule has 1 saturated carbocycles. The van der Waals surface area contributed by atoms with Crippen molar-refractivity contribution in [3.63, 3.8) is 0 Å². The van der Waals surface area contributed by atoms with E-state index in [4.69, 9.17) is 4.98 Å². The van der Waals surface area contributed by atoms with Crippen molar-refractivity contribution in [3.8, 4) is 0 Å². The summed E-state index contributed by atoms with van der Waals surface area (Å²) in [7, 11) is 0. The Bertz CT molecular complexity index is 1100. The molecule has 11 heteroatoms. The number of fused-ring (bicyclic) bond motifs is 1. The Labute approximate surface area is 202 Å². The minimum absolute atomic E-state index is 0.0551. The van der Waals surface area contributed by atoms with E-state index in [9.17, 15) is 18.4 Å². The Kier molecular flexibility index (Phi) is 6.33. The SMILES string of the molecule is CCn1nccc1C(=O)NC(C1CCC(F)(F)CC1)C1Nc2ccc(CC3CCNC3=O)nc2N1. The number of aromatic nitrogens is 3. The lowest BCUT2D eigenvalue weighted by molar-refractivity contribution is -0.122. The molecule has 1 aliphatic carbocycles. The van der Waals surface area contributed by atoms with Gasteiger partial charge >= 0.3 is 0 Å². The van der Waals surface area contributed by atoms with Gasteiger partial charge in [0.1, 0.15) is 11.9 Å². The number of nitrogens with one attached hydrogen (secondary N) is 4. The van der Waals surface area contributed by atoms with Crippen LogP contribution in [0.15, 0.2) is 24.4 Å². The van der Waals surface area contributed by atoms with Crippen LogP contribution in [0.25, 0.3) is 0 Å². The van der Waals surface area contributed by atoms with Crippen LogP contribution in [0.4, 0.5) is 20.3 Å². The van der Waals surface area contributed by atoms with Crippen molar-refractivity contribution in [2.45, 2.75) is 70.1 Å². The smallest absolute Gasteiger partial charge is 0.269 e. The van der Waals surface area contributed by atoms with Crippen LogP contribution in [0.1, 0.15) is 55.2 Å². The average Bonchev–Trinajstić information content (AvgIpc) is 3.57. The topological polar surface area (TPSA) is 113 Å². The third-order valence-electron chi connectivity index (χ3n) is 7.35. The molecule has 4 heterocycles. The number of hydrogen-bond acceptors (Lipinski definition) is 6. The number of carbonyl (C=O) groups excluding carboxylic acids is 2. The van der Waals surface area contributed by atoms with Crippen LogP contribution in [0.2, 0.25) is 0 Å². The Morgan fingerprint density at radius 1 is 1.23 bits per heavy atom. The molecule has 3 aliphatic rings. The van der Waals surface area contributed by atoms with Gasteiger partial charge in [0.25, 0.3) is 5.91 Å². The fraction of sp³-hybridized carbons (Fsp3) is 0.583. The molecule has 0 bridgehead atoms. The first-order chi connectivity index (χ1) is 16.8. The lowest BCUT2D eigenvalue weighted by Crippen LogP contribution is -2.54. The number of halogens is 2. The number of rotatable bonds is 7. The molecule has 9 nitrogen and oxygen atoms in total. The minimum atomic E-state index is -2.66. The molecule has 3 unspecified atom stereocenters. The van der Waals surface area contributed by atoms with Gasteiger partial charge in [-0.1, -0.05) is 0 Å². The van der Waals surface area contributed by atoms with Crippen LogP contribution in [-0.2, 0) is 17.8 Å². The number of amides is 2. The maximum absolute atomic E-state index is 13.9. The van der Waals surface area contributed by atoms with Crippen LogP contribution in [0.3, 0.4) is 0 Å². The summed E-state index contributed by atoms with van der Waals surface area (Å²) in [5.74, 6) is -2.45. The van der Waals surface area contributed by atoms with Crippen LogP contribution in [-0.4, -0.2) is 51.3 Å². The van der Waals surface area contributed by atoms with E-state index in [1.54, 1.807) is 16.9 Å². The first-order valence-electron chi connectivity index (χ1n) is 12.3. The van der Waals surface area contributed by atoms with Gasteiger partial charge in [-0.05, 0) is 50.3 Å². The highest BCUT2D eigenvalue weighted by molar-refractivity contribution is 5.93. The largest absolute Gasteiger partial charge is 0.361 e. The summed E-state index contributed by atoms with van der Waals surface area (Å²) >= 11 is 0. The second-order valence-electron chi connectivity index (χ2n) is 9.67. The van der Waals surface area contributed by atoms with Gasteiger partial charge in [-0.3, -0.25) is 14.3 Å². The first kappa shape index (κ1) is 23.5. The molecule has 2 fully saturated rings. The van der Waals surface area contributed by atoms with Crippen molar-refractivity contribution >= 4 is 23.3 Å². The molecule has 0 aromatic carbocycles. The monoisotopic (exact) mass is 487 g/mol. The van der Waals surface area contributed by atoms with Gasteiger partial charge in [0, 0.05) is 50.2 Å². The molecule has 1 saturated heterocycles. The van der Waals surface area contributed by atoms with E-state index in [2.05, 4.69) is 26.4 Å². The van der Waals surface area contributed by atoms with Gasteiger partial charge in [0.2, 0.25) is 11.8 Å². The molecule has 188 valence electrons. The van der Waals surface area contributed by atoms with Gasteiger partial charge in [-0.25, -0.2) is 13.8 Å². The molecule has 4 N–H and O–H groups in total. The molecule has 2 aliphatic heterocycles. The highest BCUT2D eigenvalue weighted by Crippen LogP contribution is 2.40. The summed E-state index contributed by atoms with van der Waals surface area (Å²) in [6, 6.07) is 5.03. The molecule has 2 aromatic rings. The fourth-order valence-corrected chi connectivity index (χ4v) is 5.36. The normalized spacial score (nSPS) is 24.3. The summed E-state index contributed by atoms with van der Waals surface area (Å²) in [5, 5.41) is 16.9. The molecule has 35 heavy (non-hydrogen) atoms. The summed E-state index contributed by atoms with van der Waals surface area (Å²) in [6.45, 7) is 3.14. The van der Waals surface area contributed by atoms with Crippen molar-refractivity contribution < 1.29 is 18.4 Å². The quantitative estimate of drug-likeness (QED) is 0.478. The highest BCUT2D eigenvalue weighted by Gasteiger charge is 2.42. The summed E-state index contributed by atoms with van der Waals surface area (Å²) < 4.78 is 29.4. The number of nitrogens with zero attached hydrogens (tertiary/aromatic N) is 3. The van der Waals surface area contributed by atoms with E-state index in [1.807, 2.05) is 19.1 Å². The summed E-state index contributed by atoms with van der Waals surface area (Å²) in [5.41, 5.74) is 2.03. The lowest BCUT2D eigenvalue weighted by Gasteiger charge is -2.37. The average molecular weight is 488 g/mol. The van der Waals surface area contributed by atoms with Gasteiger partial charge in [0.15, 0.2) is 5.82 Å². The number of carbonyl (C=O) groups is 2. The second kappa shape index (κ2) is 9.43. The Morgan fingerprint density at radius 2 is 2.03 bits per heavy atom. The van der Waals surface area contributed by atoms with Gasteiger partial charge in [-0.2, -0.15) is 5.10 Å². The van der Waals surface area contributed by atoms with Crippen molar-refractivity contribution in [3.05, 3.63) is 35.8 Å². The predicted octanol–water partition coefficient (Wildman–Crippen LogP) is 2.76. The van der Waals surface area contributed by atoms with Gasteiger partial charge < -0.3 is 21.3 Å². The van der Waals surface area contributed by atoms with Crippen molar-refractivity contribution in [2.24, 2.45) is 11.8 Å². The third-order valence-corrected chi connectivity index (χ3v) is 7.35. The second-order valence-corrected chi connectivity index (χ2v) is 9.67. The van der Waals surface area contributed by atoms with Gasteiger partial charge in [0.05, 0.1) is 11.7 Å². The van der Waals surface area contributed by atoms with Crippen molar-refractivity contribution in [2.75, 3.05) is 17.2 Å². The van der Waals surface area contributed by atoms with E-state index in [1.165, 1.54) is 0 Å². The van der Waals surface area contributed by atoms with Crippen molar-refractivity contribution in [1.29, 1.82) is 0 Å². The van der Waals surface area contributed by atoms with Crippen LogP contribution in [0.5, 0.6) is 0 Å². The number of pyridine rings is 1. The Morgan fingerprint density at radius 3 is 2.74 bits per heavy atom. The minimum Gasteiger partial charge on any atom is -0.361 e. The van der Waals surface area contributed by atoms with Crippen LogP contribution < -0.4 is 21.3 Å². The zero-order valence-corrected chi connectivity index (χ0v) is 19.7. The molecule has 3 atom stereocenters. The molecular weight excluding hydrogens is 456 g/mol. The summed E-state index contributed by atoms with van der Waals surface area (Å²) in [4.78, 5) is 29.8. The fourth-order valence-electron chi connectivity index (χ4n) is 5.36. The highest BCUT2D eigenvalue weighted by atomic mass is 19.3. The van der Waals surface area contributed by atoms with E-state index in [-0.39, 0.29) is 36.5 Å². The standard InChI is InChI=1S/C24H31F2N7O2/c1-2-33-18(8-12-28-33)23(35)31-19(14-5-9-24(25,26)10-6-14)21-30-17-4-3-16(29-20(17)32-21)13-15-7-11-27-22(15)34/h3-4,8,12,14-15,19,21,30H,2,5-7,9-11,13H2,1H3,(H,27,34)(H,29,32)(H,31,35). The number of hydrogen-bond donors (Lipinski definition) is 4. The van der Waals surface area contributed by atoms with Crippen molar-refractivity contribution in [1.82, 2.24) is 25.4 Å². The molecule has 2 aromatic heterocycles. The lowest BCUT2D eigenvalue weighted by atomic mass is 9.81. The molecule has 0 spiro atoms. The molecule has 0 radical (unpaired) electrons. The maximum atomic E-state index is 13.9. The number of anilines is 2. The Balaban J connectivity index is 1.33. The predicted molar refractivity (Wildman–Crippen MR) is 126 cm³/mol. The number of aryl methyl sites for hydroxylation is 1. The summed E-state index contributed by atoms with van der Waals surface area (Å²) in [6.07, 6.45) is 2.77. The maximum Gasteiger partial charge on any atom is 0.269 e. The van der Waals surface area contributed by atoms with E-state index in [0.717, 1.165) is 17.8 Å². The molecule has 2 amide bonds. The van der Waals surface area contributed by atoms with E-state index >= 15 is 0 Å². The third kappa shape index (κ3) is 4.94. The number of alkyl halides is 2. The van der Waals surface area contributed by atoms with E-state index < -0.39 is 18.1 Å². The van der Waals surface area contributed by atoms with Crippen LogP contribution >= 0.6 is 0 Å². The first-order valence-corrected chi connectivity index (χ1v) is 12.3. The zero-order chi connectivity index (χ0) is 24.6. The molecular formula is C24H31F2N7O2. The van der Waals surface area contributed by atoms with Gasteiger partial charge in [-0.15, -0.1) is 0 Å². The molecule has 5 rings (SSSR count).